The Morgan fingerprint density at radius 2 is 2.15 bits per heavy atom. The monoisotopic (exact) mass is 324 g/mol. The predicted octanol–water partition coefficient (Wildman–Crippen LogP) is 2.39. The van der Waals surface area contributed by atoms with Gasteiger partial charge in [-0.3, -0.25) is 4.79 Å². The molecule has 0 radical (unpaired) electrons. The lowest BCUT2D eigenvalue weighted by Gasteiger charge is -2.15. The van der Waals surface area contributed by atoms with Crippen molar-refractivity contribution in [1.29, 1.82) is 0 Å². The van der Waals surface area contributed by atoms with Gasteiger partial charge >= 0.3 is 0 Å². The van der Waals surface area contributed by atoms with Crippen LogP contribution in [0.2, 0.25) is 5.02 Å². The van der Waals surface area contributed by atoms with Crippen molar-refractivity contribution in [3.05, 3.63) is 29.0 Å². The summed E-state index contributed by atoms with van der Waals surface area (Å²) < 4.78 is 18.3. The van der Waals surface area contributed by atoms with E-state index in [1.54, 1.807) is 6.92 Å². The lowest BCUT2D eigenvalue weighted by molar-refractivity contribution is -0.127. The minimum Gasteiger partial charge on any atom is -0.479 e. The number of hydrogen-bond acceptors (Lipinski definition) is 3. The number of nitrogens with one attached hydrogen (secondary N) is 2. The average Bonchev–Trinajstić information content (AvgIpc) is 2.37. The first-order chi connectivity index (χ1) is 9.04. The predicted molar refractivity (Wildman–Crippen MR) is 80.3 cm³/mol. The van der Waals surface area contributed by atoms with Crippen molar-refractivity contribution in [2.75, 3.05) is 20.1 Å². The minimum absolute atomic E-state index is 0. The Balaban J connectivity index is 0.00000361. The fourth-order valence-electron chi connectivity index (χ4n) is 1.44. The van der Waals surface area contributed by atoms with Gasteiger partial charge in [0.05, 0.1) is 5.02 Å². The number of hydrogen-bond donors (Lipinski definition) is 2. The first kappa shape index (κ1) is 19.0. The summed E-state index contributed by atoms with van der Waals surface area (Å²) >= 11 is 5.82. The standard InChI is InChI=1S/C13H18ClFN2O2.ClH/c1-9(13(18)17-7-3-6-16-2)19-12-5-4-10(15)8-11(12)14;/h4-5,8-9,16H,3,6-7H2,1-2H3,(H,17,18);1H. The molecule has 2 N–H and O–H groups in total. The van der Waals surface area contributed by atoms with Crippen LogP contribution in [0.1, 0.15) is 13.3 Å². The van der Waals surface area contributed by atoms with Crippen LogP contribution in [0.3, 0.4) is 0 Å². The van der Waals surface area contributed by atoms with E-state index in [4.69, 9.17) is 16.3 Å². The zero-order valence-electron chi connectivity index (χ0n) is 11.4. The van der Waals surface area contributed by atoms with E-state index >= 15 is 0 Å². The van der Waals surface area contributed by atoms with Crippen LogP contribution in [0.5, 0.6) is 5.75 Å². The van der Waals surface area contributed by atoms with Gasteiger partial charge in [0.2, 0.25) is 0 Å². The fraction of sp³-hybridized carbons (Fsp3) is 0.462. The number of carbonyl (C=O) groups is 1. The molecular weight excluding hydrogens is 306 g/mol. The first-order valence-corrected chi connectivity index (χ1v) is 6.46. The van der Waals surface area contributed by atoms with Gasteiger partial charge in [0.15, 0.2) is 6.10 Å². The van der Waals surface area contributed by atoms with Crippen molar-refractivity contribution in [1.82, 2.24) is 10.6 Å². The summed E-state index contributed by atoms with van der Waals surface area (Å²) in [4.78, 5) is 11.7. The van der Waals surface area contributed by atoms with E-state index in [1.165, 1.54) is 12.1 Å². The van der Waals surface area contributed by atoms with Crippen LogP contribution in [0.25, 0.3) is 0 Å². The molecule has 1 unspecified atom stereocenters. The molecule has 0 spiro atoms. The maximum absolute atomic E-state index is 12.9. The Hall–Kier alpha value is -1.04. The molecule has 0 saturated carbocycles. The molecule has 20 heavy (non-hydrogen) atoms. The molecule has 1 amide bonds. The molecule has 0 fully saturated rings. The molecule has 0 aliphatic rings. The van der Waals surface area contributed by atoms with Gasteiger partial charge in [0, 0.05) is 6.54 Å². The van der Waals surface area contributed by atoms with E-state index in [2.05, 4.69) is 10.6 Å². The van der Waals surface area contributed by atoms with Gasteiger partial charge in [0.1, 0.15) is 11.6 Å². The summed E-state index contributed by atoms with van der Waals surface area (Å²) in [5.41, 5.74) is 0. The lowest BCUT2D eigenvalue weighted by atomic mass is 10.3. The van der Waals surface area contributed by atoms with Gasteiger partial charge in [0.25, 0.3) is 5.91 Å². The van der Waals surface area contributed by atoms with Gasteiger partial charge in [-0.25, -0.2) is 4.39 Å². The molecule has 1 atom stereocenters. The van der Waals surface area contributed by atoms with E-state index < -0.39 is 11.9 Å². The molecule has 0 aromatic heterocycles. The van der Waals surface area contributed by atoms with Crippen LogP contribution in [0, 0.1) is 5.82 Å². The van der Waals surface area contributed by atoms with Gasteiger partial charge in [-0.05, 0) is 45.1 Å². The Bertz CT molecular complexity index is 433. The Kier molecular flexibility index (Phi) is 9.29. The zero-order chi connectivity index (χ0) is 14.3. The molecule has 4 nitrogen and oxygen atoms in total. The van der Waals surface area contributed by atoms with Crippen molar-refractivity contribution in [3.63, 3.8) is 0 Å². The highest BCUT2D eigenvalue weighted by Crippen LogP contribution is 2.25. The van der Waals surface area contributed by atoms with Gasteiger partial charge in [-0.2, -0.15) is 0 Å². The third-order valence-electron chi connectivity index (χ3n) is 2.47. The van der Waals surface area contributed by atoms with Crippen molar-refractivity contribution < 1.29 is 13.9 Å². The van der Waals surface area contributed by atoms with E-state index in [-0.39, 0.29) is 23.3 Å². The molecular formula is C13H19Cl2FN2O2. The molecule has 0 saturated heterocycles. The van der Waals surface area contributed by atoms with Crippen LogP contribution < -0.4 is 15.4 Å². The van der Waals surface area contributed by atoms with Gasteiger partial charge in [-0.1, -0.05) is 11.6 Å². The Labute approximate surface area is 129 Å². The van der Waals surface area contributed by atoms with Gasteiger partial charge < -0.3 is 15.4 Å². The Morgan fingerprint density at radius 3 is 2.75 bits per heavy atom. The number of halogens is 3. The maximum atomic E-state index is 12.9. The summed E-state index contributed by atoms with van der Waals surface area (Å²) in [7, 11) is 1.85. The summed E-state index contributed by atoms with van der Waals surface area (Å²) in [6.07, 6.45) is 0.157. The van der Waals surface area contributed by atoms with Crippen molar-refractivity contribution in [3.8, 4) is 5.75 Å². The Morgan fingerprint density at radius 1 is 1.45 bits per heavy atom. The second kappa shape index (κ2) is 9.80. The molecule has 7 heteroatoms. The lowest BCUT2D eigenvalue weighted by Crippen LogP contribution is -2.37. The largest absolute Gasteiger partial charge is 0.479 e. The number of carbonyl (C=O) groups excluding carboxylic acids is 1. The summed E-state index contributed by atoms with van der Waals surface area (Å²) in [5.74, 6) is -0.376. The SMILES string of the molecule is CNCCCNC(=O)C(C)Oc1ccc(F)cc1Cl.Cl. The second-order valence-corrected chi connectivity index (χ2v) is 4.49. The molecule has 1 aromatic carbocycles. The fourth-order valence-corrected chi connectivity index (χ4v) is 1.65. The maximum Gasteiger partial charge on any atom is 0.260 e. The third-order valence-corrected chi connectivity index (χ3v) is 2.77. The highest BCUT2D eigenvalue weighted by atomic mass is 35.5. The van der Waals surface area contributed by atoms with Gasteiger partial charge in [-0.15, -0.1) is 12.4 Å². The molecule has 0 bridgehead atoms. The van der Waals surface area contributed by atoms with Crippen molar-refractivity contribution in [2.24, 2.45) is 0 Å². The van der Waals surface area contributed by atoms with Crippen LogP contribution in [0.4, 0.5) is 4.39 Å². The minimum atomic E-state index is -0.683. The highest BCUT2D eigenvalue weighted by Gasteiger charge is 2.15. The number of rotatable bonds is 7. The van der Waals surface area contributed by atoms with E-state index in [9.17, 15) is 9.18 Å². The molecule has 0 heterocycles. The number of benzene rings is 1. The molecule has 114 valence electrons. The van der Waals surface area contributed by atoms with Crippen molar-refractivity contribution in [2.45, 2.75) is 19.4 Å². The van der Waals surface area contributed by atoms with Crippen LogP contribution in [0.15, 0.2) is 18.2 Å². The first-order valence-electron chi connectivity index (χ1n) is 6.08. The third kappa shape index (κ3) is 6.41. The van der Waals surface area contributed by atoms with E-state index in [1.807, 2.05) is 7.05 Å². The normalized spacial score (nSPS) is 11.4. The summed E-state index contributed by atoms with van der Waals surface area (Å²) in [5, 5.41) is 5.88. The van der Waals surface area contributed by atoms with E-state index in [0.29, 0.717) is 12.3 Å². The molecule has 0 aliphatic heterocycles. The van der Waals surface area contributed by atoms with E-state index in [0.717, 1.165) is 19.0 Å². The highest BCUT2D eigenvalue weighted by molar-refractivity contribution is 6.32. The number of amides is 1. The zero-order valence-corrected chi connectivity index (χ0v) is 13.0. The quantitative estimate of drug-likeness (QED) is 0.757. The summed E-state index contributed by atoms with van der Waals surface area (Å²) in [6, 6.07) is 3.79. The summed E-state index contributed by atoms with van der Waals surface area (Å²) in [6.45, 7) is 3.02. The molecule has 1 aromatic rings. The van der Waals surface area contributed by atoms with Crippen LogP contribution in [-0.4, -0.2) is 32.1 Å². The number of ether oxygens (including phenoxy) is 1. The molecule has 0 aliphatic carbocycles. The second-order valence-electron chi connectivity index (χ2n) is 4.08. The topological polar surface area (TPSA) is 50.4 Å². The van der Waals surface area contributed by atoms with Crippen LogP contribution >= 0.6 is 24.0 Å². The van der Waals surface area contributed by atoms with Crippen molar-refractivity contribution >= 4 is 29.9 Å². The average molecular weight is 325 g/mol. The molecule has 1 rings (SSSR count). The smallest absolute Gasteiger partial charge is 0.260 e. The van der Waals surface area contributed by atoms with Crippen LogP contribution in [-0.2, 0) is 4.79 Å².